The van der Waals surface area contributed by atoms with E-state index in [1.165, 1.54) is 19.1 Å². The maximum Gasteiger partial charge on any atom is 0.157 e. The number of halogens is 3. The van der Waals surface area contributed by atoms with E-state index in [9.17, 15) is 13.5 Å². The van der Waals surface area contributed by atoms with E-state index in [1.807, 2.05) is 0 Å². The zero-order chi connectivity index (χ0) is 17.3. The monoisotopic (exact) mass is 392 g/mol. The van der Waals surface area contributed by atoms with Crippen LogP contribution < -0.4 is 0 Å². The number of rotatable bonds is 5. The molecule has 0 saturated heterocycles. The predicted molar refractivity (Wildman–Crippen MR) is 95.0 cm³/mol. The van der Waals surface area contributed by atoms with Crippen molar-refractivity contribution in [1.82, 2.24) is 0 Å². The molecule has 1 atom stereocenters. The van der Waals surface area contributed by atoms with Gasteiger partial charge in [0.1, 0.15) is 5.60 Å². The Kier molecular flexibility index (Phi) is 5.64. The van der Waals surface area contributed by atoms with Crippen LogP contribution in [0.15, 0.2) is 42.5 Å². The molecular weight excluding hydrogens is 379 g/mol. The number of sulfone groups is 1. The molecule has 1 N–H and O–H groups in total. The Labute approximate surface area is 150 Å². The number of benzene rings is 2. The average molecular weight is 394 g/mol. The summed E-state index contributed by atoms with van der Waals surface area (Å²) >= 11 is 17.6. The van der Waals surface area contributed by atoms with Gasteiger partial charge < -0.3 is 5.11 Å². The minimum Gasteiger partial charge on any atom is -0.384 e. The molecule has 0 aliphatic heterocycles. The Morgan fingerprint density at radius 2 is 1.61 bits per heavy atom. The molecule has 3 nitrogen and oxygen atoms in total. The molecule has 0 amide bonds. The summed E-state index contributed by atoms with van der Waals surface area (Å²) in [6, 6.07) is 11.1. The van der Waals surface area contributed by atoms with Gasteiger partial charge in [-0.15, -0.1) is 0 Å². The molecule has 0 heterocycles. The van der Waals surface area contributed by atoms with Gasteiger partial charge in [-0.1, -0.05) is 53.0 Å². The third-order valence-electron chi connectivity index (χ3n) is 3.34. The van der Waals surface area contributed by atoms with Gasteiger partial charge in [0, 0.05) is 5.02 Å². The molecule has 0 saturated carbocycles. The highest BCUT2D eigenvalue weighted by molar-refractivity contribution is 7.90. The first kappa shape index (κ1) is 18.6. The fourth-order valence-corrected chi connectivity index (χ4v) is 4.48. The van der Waals surface area contributed by atoms with Gasteiger partial charge in [-0.25, -0.2) is 8.42 Å². The van der Waals surface area contributed by atoms with Gasteiger partial charge in [-0.3, -0.25) is 0 Å². The molecule has 0 bridgehead atoms. The maximum absolute atomic E-state index is 12.4. The summed E-state index contributed by atoms with van der Waals surface area (Å²) < 4.78 is 24.7. The molecule has 0 aromatic heterocycles. The van der Waals surface area contributed by atoms with Crippen molar-refractivity contribution < 1.29 is 13.5 Å². The second-order valence-corrected chi connectivity index (χ2v) is 8.88. The van der Waals surface area contributed by atoms with Crippen LogP contribution in [0.2, 0.25) is 15.1 Å². The predicted octanol–water partition coefficient (Wildman–Crippen LogP) is 4.47. The quantitative estimate of drug-likeness (QED) is 0.815. The highest BCUT2D eigenvalue weighted by atomic mass is 35.5. The molecule has 1 unspecified atom stereocenters. The SMILES string of the molecule is CC(O)(CS(=O)(=O)Cc1ccc(Cl)cc1)c1ccc(Cl)c(Cl)c1. The van der Waals surface area contributed by atoms with Gasteiger partial charge in [0.05, 0.1) is 21.6 Å². The minimum atomic E-state index is -3.55. The largest absolute Gasteiger partial charge is 0.384 e. The summed E-state index contributed by atoms with van der Waals surface area (Å²) in [5, 5.41) is 11.7. The highest BCUT2D eigenvalue weighted by Crippen LogP contribution is 2.30. The van der Waals surface area contributed by atoms with E-state index < -0.39 is 21.2 Å². The summed E-state index contributed by atoms with van der Waals surface area (Å²) in [6.07, 6.45) is 0. The first-order valence-electron chi connectivity index (χ1n) is 6.72. The van der Waals surface area contributed by atoms with E-state index in [2.05, 4.69) is 0 Å². The fraction of sp³-hybridized carbons (Fsp3) is 0.250. The lowest BCUT2D eigenvalue weighted by atomic mass is 9.98. The molecule has 0 spiro atoms. The van der Waals surface area contributed by atoms with Crippen LogP contribution in [-0.4, -0.2) is 19.3 Å². The summed E-state index contributed by atoms with van der Waals surface area (Å²) in [7, 11) is -3.55. The minimum absolute atomic E-state index is 0.179. The van der Waals surface area contributed by atoms with Crippen molar-refractivity contribution >= 4 is 44.6 Å². The van der Waals surface area contributed by atoms with Gasteiger partial charge >= 0.3 is 0 Å². The average Bonchev–Trinajstić information content (AvgIpc) is 2.43. The van der Waals surface area contributed by atoms with E-state index in [4.69, 9.17) is 34.8 Å². The first-order chi connectivity index (χ1) is 10.6. The van der Waals surface area contributed by atoms with E-state index in [-0.39, 0.29) is 10.8 Å². The highest BCUT2D eigenvalue weighted by Gasteiger charge is 2.30. The van der Waals surface area contributed by atoms with E-state index >= 15 is 0 Å². The van der Waals surface area contributed by atoms with Crippen LogP contribution in [0.3, 0.4) is 0 Å². The fourth-order valence-electron chi connectivity index (χ4n) is 2.23. The molecule has 23 heavy (non-hydrogen) atoms. The van der Waals surface area contributed by atoms with Crippen molar-refractivity contribution in [3.05, 3.63) is 68.7 Å². The molecule has 0 fully saturated rings. The van der Waals surface area contributed by atoms with Crippen LogP contribution in [0.1, 0.15) is 18.1 Å². The van der Waals surface area contributed by atoms with Gasteiger partial charge in [-0.2, -0.15) is 0 Å². The number of hydrogen-bond donors (Lipinski definition) is 1. The molecule has 0 aliphatic carbocycles. The zero-order valence-corrected chi connectivity index (χ0v) is 15.3. The van der Waals surface area contributed by atoms with Crippen molar-refractivity contribution in [2.75, 3.05) is 5.75 Å². The normalized spacial score (nSPS) is 14.5. The van der Waals surface area contributed by atoms with Crippen molar-refractivity contribution in [2.24, 2.45) is 0 Å². The second kappa shape index (κ2) is 6.99. The summed E-state index contributed by atoms with van der Waals surface area (Å²) in [5.41, 5.74) is -0.564. The van der Waals surface area contributed by atoms with Crippen molar-refractivity contribution in [1.29, 1.82) is 0 Å². The first-order valence-corrected chi connectivity index (χ1v) is 9.67. The lowest BCUT2D eigenvalue weighted by Crippen LogP contribution is -2.32. The van der Waals surface area contributed by atoms with Crippen LogP contribution in [0.4, 0.5) is 0 Å². The van der Waals surface area contributed by atoms with Crippen LogP contribution in [0, 0.1) is 0 Å². The lowest BCUT2D eigenvalue weighted by Gasteiger charge is -2.24. The van der Waals surface area contributed by atoms with Crippen LogP contribution in [0.5, 0.6) is 0 Å². The van der Waals surface area contributed by atoms with E-state index in [0.29, 0.717) is 21.2 Å². The van der Waals surface area contributed by atoms with Gasteiger partial charge in [0.15, 0.2) is 9.84 Å². The molecule has 2 aromatic rings. The molecule has 124 valence electrons. The van der Waals surface area contributed by atoms with E-state index in [0.717, 1.165) is 0 Å². The Hall–Kier alpha value is -0.780. The molecular formula is C16H15Cl3O3S. The maximum atomic E-state index is 12.4. The second-order valence-electron chi connectivity index (χ2n) is 5.56. The standard InChI is InChI=1S/C16H15Cl3O3S/c1-16(20,12-4-7-14(18)15(19)8-12)10-23(21,22)9-11-2-5-13(17)6-3-11/h2-8,20H,9-10H2,1H3. The zero-order valence-electron chi connectivity index (χ0n) is 12.3. The Morgan fingerprint density at radius 1 is 1.00 bits per heavy atom. The Balaban J connectivity index is 2.20. The molecule has 2 rings (SSSR count). The molecule has 2 aromatic carbocycles. The van der Waals surface area contributed by atoms with Crippen LogP contribution >= 0.6 is 34.8 Å². The summed E-state index contributed by atoms with van der Waals surface area (Å²) in [4.78, 5) is 0. The van der Waals surface area contributed by atoms with Gasteiger partial charge in [0.25, 0.3) is 0 Å². The van der Waals surface area contributed by atoms with Crippen molar-refractivity contribution in [3.63, 3.8) is 0 Å². The van der Waals surface area contributed by atoms with Crippen molar-refractivity contribution in [2.45, 2.75) is 18.3 Å². The van der Waals surface area contributed by atoms with E-state index in [1.54, 1.807) is 30.3 Å². The molecule has 0 radical (unpaired) electrons. The van der Waals surface area contributed by atoms with Gasteiger partial charge in [0.2, 0.25) is 0 Å². The topological polar surface area (TPSA) is 54.4 Å². The molecule has 7 heteroatoms. The van der Waals surface area contributed by atoms with Gasteiger partial charge in [-0.05, 0) is 42.3 Å². The molecule has 0 aliphatic rings. The third kappa shape index (κ3) is 5.10. The Morgan fingerprint density at radius 3 is 2.17 bits per heavy atom. The number of hydrogen-bond acceptors (Lipinski definition) is 3. The number of aliphatic hydroxyl groups is 1. The third-order valence-corrected chi connectivity index (χ3v) is 6.11. The lowest BCUT2D eigenvalue weighted by molar-refractivity contribution is 0.0819. The summed E-state index contributed by atoms with van der Waals surface area (Å²) in [5.74, 6) is -0.609. The summed E-state index contributed by atoms with van der Waals surface area (Å²) in [6.45, 7) is 1.44. The van der Waals surface area contributed by atoms with Crippen molar-refractivity contribution in [3.8, 4) is 0 Å². The smallest absolute Gasteiger partial charge is 0.157 e. The Bertz CT molecular complexity index is 800. The van der Waals surface area contributed by atoms with Crippen LogP contribution in [-0.2, 0) is 21.2 Å². The van der Waals surface area contributed by atoms with Crippen LogP contribution in [0.25, 0.3) is 0 Å².